The minimum Gasteiger partial charge on any atom is -0.348 e. The second-order valence-corrected chi connectivity index (χ2v) is 8.38. The van der Waals surface area contributed by atoms with Crippen molar-refractivity contribution in [1.82, 2.24) is 24.8 Å². The molecule has 2 fully saturated rings. The van der Waals surface area contributed by atoms with Gasteiger partial charge in [0.2, 0.25) is 0 Å². The molecule has 1 aromatic carbocycles. The zero-order valence-corrected chi connectivity index (χ0v) is 16.9. The Hall–Kier alpha value is -2.94. The lowest BCUT2D eigenvalue weighted by molar-refractivity contribution is -0.142. The summed E-state index contributed by atoms with van der Waals surface area (Å²) in [6, 6.07) is 11.8. The molecule has 0 saturated carbocycles. The normalized spacial score (nSPS) is 23.9. The summed E-state index contributed by atoms with van der Waals surface area (Å²) in [6.07, 6.45) is -0.726. The van der Waals surface area contributed by atoms with Crippen LogP contribution >= 0.6 is 0 Å². The van der Waals surface area contributed by atoms with Gasteiger partial charge in [0, 0.05) is 29.8 Å². The SMILES string of the molecule is CN1[C@@H]2CC[C@H]1CC(NC(=O)c1cc3nc(-c4ccccc4)cc(C(F)(F)F)n3n1)C2. The third-order valence-electron chi connectivity index (χ3n) is 6.45. The number of amides is 1. The maximum Gasteiger partial charge on any atom is 0.433 e. The van der Waals surface area contributed by atoms with Gasteiger partial charge in [-0.25, -0.2) is 9.50 Å². The highest BCUT2D eigenvalue weighted by Gasteiger charge is 2.39. The Morgan fingerprint density at radius 1 is 1.10 bits per heavy atom. The van der Waals surface area contributed by atoms with E-state index in [2.05, 4.69) is 27.3 Å². The van der Waals surface area contributed by atoms with E-state index in [1.54, 1.807) is 30.3 Å². The number of hydrogen-bond acceptors (Lipinski definition) is 4. The largest absolute Gasteiger partial charge is 0.433 e. The van der Waals surface area contributed by atoms with Crippen LogP contribution < -0.4 is 5.32 Å². The lowest BCUT2D eigenvalue weighted by Gasteiger charge is -2.36. The van der Waals surface area contributed by atoms with Gasteiger partial charge in [-0.2, -0.15) is 18.3 Å². The van der Waals surface area contributed by atoms with Crippen molar-refractivity contribution in [3.05, 3.63) is 53.9 Å². The van der Waals surface area contributed by atoms with E-state index in [0.717, 1.165) is 31.7 Å². The van der Waals surface area contributed by atoms with Crippen molar-refractivity contribution in [1.29, 1.82) is 0 Å². The van der Waals surface area contributed by atoms with Crippen LogP contribution in [0.1, 0.15) is 41.9 Å². The number of hydrogen-bond donors (Lipinski definition) is 1. The van der Waals surface area contributed by atoms with Crippen molar-refractivity contribution < 1.29 is 18.0 Å². The average Bonchev–Trinajstić information content (AvgIpc) is 3.24. The number of nitrogens with zero attached hydrogens (tertiary/aromatic N) is 4. The van der Waals surface area contributed by atoms with Crippen LogP contribution in [0.2, 0.25) is 0 Å². The number of aromatic nitrogens is 3. The summed E-state index contributed by atoms with van der Waals surface area (Å²) in [5.41, 5.74) is -0.298. The van der Waals surface area contributed by atoms with Gasteiger partial charge in [-0.1, -0.05) is 30.3 Å². The fourth-order valence-electron chi connectivity index (χ4n) is 4.83. The number of carbonyl (C=O) groups is 1. The molecule has 4 heterocycles. The van der Waals surface area contributed by atoms with Crippen LogP contribution in [0.25, 0.3) is 16.9 Å². The molecule has 1 unspecified atom stereocenters. The molecule has 5 rings (SSSR count). The smallest absolute Gasteiger partial charge is 0.348 e. The van der Waals surface area contributed by atoms with Gasteiger partial charge in [0.15, 0.2) is 17.0 Å². The van der Waals surface area contributed by atoms with E-state index in [4.69, 9.17) is 0 Å². The number of piperidine rings is 1. The van der Waals surface area contributed by atoms with Crippen LogP contribution in [0, 0.1) is 0 Å². The summed E-state index contributed by atoms with van der Waals surface area (Å²) >= 11 is 0. The summed E-state index contributed by atoms with van der Waals surface area (Å²) in [7, 11) is 2.11. The summed E-state index contributed by atoms with van der Waals surface area (Å²) in [4.78, 5) is 19.5. The van der Waals surface area contributed by atoms with Gasteiger partial charge in [0.1, 0.15) is 0 Å². The monoisotopic (exact) mass is 429 g/mol. The lowest BCUT2D eigenvalue weighted by Crippen LogP contribution is -2.48. The van der Waals surface area contributed by atoms with E-state index in [1.807, 2.05) is 0 Å². The Balaban J connectivity index is 1.47. The Bertz CT molecular complexity index is 1110. The minimum absolute atomic E-state index is 0.000868. The van der Waals surface area contributed by atoms with Gasteiger partial charge in [0.05, 0.1) is 5.69 Å². The molecule has 6 nitrogen and oxygen atoms in total. The van der Waals surface area contributed by atoms with Crippen molar-refractivity contribution in [2.24, 2.45) is 0 Å². The molecule has 162 valence electrons. The van der Waals surface area contributed by atoms with E-state index in [9.17, 15) is 18.0 Å². The van der Waals surface area contributed by atoms with Gasteiger partial charge < -0.3 is 10.2 Å². The molecule has 3 aromatic rings. The Morgan fingerprint density at radius 2 is 1.77 bits per heavy atom. The standard InChI is InChI=1S/C22H22F3N5O/c1-29-15-7-8-16(29)10-14(9-15)26-21(31)18-12-20-27-17(13-5-3-2-4-6-13)11-19(22(23,24)25)30(20)28-18/h2-6,11-12,14-16H,7-10H2,1H3,(H,26,31)/t14?,15-,16+. The molecule has 2 bridgehead atoms. The molecule has 3 atom stereocenters. The zero-order valence-electron chi connectivity index (χ0n) is 16.9. The first-order valence-electron chi connectivity index (χ1n) is 10.4. The summed E-state index contributed by atoms with van der Waals surface area (Å²) < 4.78 is 41.9. The molecule has 0 spiro atoms. The zero-order chi connectivity index (χ0) is 21.8. The van der Waals surface area contributed by atoms with E-state index in [-0.39, 0.29) is 23.1 Å². The third-order valence-corrected chi connectivity index (χ3v) is 6.45. The highest BCUT2D eigenvalue weighted by molar-refractivity contribution is 5.93. The highest BCUT2D eigenvalue weighted by Crippen LogP contribution is 2.35. The first kappa shape index (κ1) is 20.0. The number of alkyl halides is 3. The molecular weight excluding hydrogens is 407 g/mol. The van der Waals surface area contributed by atoms with Crippen LogP contribution in [-0.4, -0.2) is 50.6 Å². The molecule has 2 aliphatic heterocycles. The third kappa shape index (κ3) is 3.67. The van der Waals surface area contributed by atoms with E-state index in [1.165, 1.54) is 6.07 Å². The molecule has 31 heavy (non-hydrogen) atoms. The van der Waals surface area contributed by atoms with Crippen LogP contribution in [-0.2, 0) is 6.18 Å². The molecule has 9 heteroatoms. The maximum atomic E-state index is 13.7. The molecule has 1 N–H and O–H groups in total. The highest BCUT2D eigenvalue weighted by atomic mass is 19.4. The molecule has 0 radical (unpaired) electrons. The second kappa shape index (κ2) is 7.33. The van der Waals surface area contributed by atoms with Crippen molar-refractivity contribution in [2.75, 3.05) is 7.05 Å². The van der Waals surface area contributed by atoms with Gasteiger partial charge in [-0.3, -0.25) is 4.79 Å². The predicted octanol–water partition coefficient (Wildman–Crippen LogP) is 3.77. The predicted molar refractivity (Wildman–Crippen MR) is 108 cm³/mol. The van der Waals surface area contributed by atoms with Crippen LogP contribution in [0.4, 0.5) is 13.2 Å². The van der Waals surface area contributed by atoms with Gasteiger partial charge >= 0.3 is 6.18 Å². The quantitative estimate of drug-likeness (QED) is 0.689. The number of nitrogens with one attached hydrogen (secondary N) is 1. The molecule has 2 aromatic heterocycles. The number of rotatable bonds is 3. The first-order valence-corrected chi connectivity index (χ1v) is 10.4. The Kier molecular flexibility index (Phi) is 4.73. The molecular formula is C22H22F3N5O. The van der Waals surface area contributed by atoms with Gasteiger partial charge in [0.25, 0.3) is 5.91 Å². The number of fused-ring (bicyclic) bond motifs is 3. The van der Waals surface area contributed by atoms with Crippen LogP contribution in [0.3, 0.4) is 0 Å². The van der Waals surface area contributed by atoms with Crippen molar-refractivity contribution in [2.45, 2.75) is 50.0 Å². The topological polar surface area (TPSA) is 62.5 Å². The molecule has 0 aliphatic carbocycles. The Morgan fingerprint density at radius 3 is 2.42 bits per heavy atom. The second-order valence-electron chi connectivity index (χ2n) is 8.38. The Labute approximate surface area is 177 Å². The van der Waals surface area contributed by atoms with E-state index >= 15 is 0 Å². The van der Waals surface area contributed by atoms with Crippen molar-refractivity contribution in [3.63, 3.8) is 0 Å². The summed E-state index contributed by atoms with van der Waals surface area (Å²) in [6.45, 7) is 0. The van der Waals surface area contributed by atoms with Crippen molar-refractivity contribution >= 4 is 11.6 Å². The average molecular weight is 429 g/mol. The fourth-order valence-corrected chi connectivity index (χ4v) is 4.83. The lowest BCUT2D eigenvalue weighted by atomic mass is 9.98. The number of halogens is 3. The van der Waals surface area contributed by atoms with Crippen molar-refractivity contribution in [3.8, 4) is 11.3 Å². The molecule has 2 saturated heterocycles. The molecule has 2 aliphatic rings. The summed E-state index contributed by atoms with van der Waals surface area (Å²) in [5.74, 6) is -0.464. The summed E-state index contributed by atoms with van der Waals surface area (Å²) in [5, 5.41) is 6.93. The van der Waals surface area contributed by atoms with Gasteiger partial charge in [-0.15, -0.1) is 0 Å². The van der Waals surface area contributed by atoms with Gasteiger partial charge in [-0.05, 0) is 38.8 Å². The maximum absolute atomic E-state index is 13.7. The molecule has 1 amide bonds. The van der Waals surface area contributed by atoms with E-state index < -0.39 is 17.8 Å². The number of carbonyl (C=O) groups excluding carboxylic acids is 1. The van der Waals surface area contributed by atoms with Crippen LogP contribution in [0.15, 0.2) is 42.5 Å². The first-order chi connectivity index (χ1) is 14.8. The minimum atomic E-state index is -4.64. The van der Waals surface area contributed by atoms with E-state index in [0.29, 0.717) is 22.2 Å². The van der Waals surface area contributed by atoms with Crippen LogP contribution in [0.5, 0.6) is 0 Å². The fraction of sp³-hybridized carbons (Fsp3) is 0.409. The number of benzene rings is 1.